The van der Waals surface area contributed by atoms with Crippen LogP contribution in [0.15, 0.2) is 24.3 Å². The van der Waals surface area contributed by atoms with E-state index in [-0.39, 0.29) is 12.7 Å². The van der Waals surface area contributed by atoms with Crippen LogP contribution >= 0.6 is 0 Å². The molecule has 0 unspecified atom stereocenters. The molecule has 1 aromatic rings. The second-order valence-electron chi connectivity index (χ2n) is 6.84. The van der Waals surface area contributed by atoms with E-state index in [1.165, 1.54) is 18.4 Å². The van der Waals surface area contributed by atoms with Gasteiger partial charge in [0, 0.05) is 31.3 Å². The number of piperidine rings is 1. The molecule has 0 aliphatic carbocycles. The van der Waals surface area contributed by atoms with Crippen LogP contribution in [-0.2, 0) is 6.54 Å². The molecule has 1 aliphatic rings. The number of likely N-dealkylation sites (tertiary alicyclic amines) is 1. The van der Waals surface area contributed by atoms with Gasteiger partial charge in [0.2, 0.25) is 0 Å². The average molecular weight is 320 g/mol. The molecule has 1 aromatic carbocycles. The van der Waals surface area contributed by atoms with Crippen molar-refractivity contribution in [2.24, 2.45) is 0 Å². The van der Waals surface area contributed by atoms with E-state index in [2.05, 4.69) is 48.9 Å². The Balaban J connectivity index is 1.85. The number of aliphatic hydroxyl groups is 1. The van der Waals surface area contributed by atoms with Gasteiger partial charge in [-0.05, 0) is 59.3 Å². The largest absolute Gasteiger partial charge is 0.491 e. The summed E-state index contributed by atoms with van der Waals surface area (Å²) in [6, 6.07) is 9.05. The smallest absolute Gasteiger partial charge is 0.124 e. The Morgan fingerprint density at radius 1 is 1.26 bits per heavy atom. The molecule has 0 saturated carbocycles. The molecule has 0 amide bonds. The third-order valence-electron chi connectivity index (χ3n) is 4.58. The van der Waals surface area contributed by atoms with Gasteiger partial charge in [0.1, 0.15) is 5.75 Å². The zero-order valence-corrected chi connectivity index (χ0v) is 14.9. The van der Waals surface area contributed by atoms with Crippen LogP contribution < -0.4 is 4.74 Å². The van der Waals surface area contributed by atoms with Crippen LogP contribution in [0.1, 0.15) is 38.7 Å². The van der Waals surface area contributed by atoms with Crippen molar-refractivity contribution in [3.8, 4) is 5.75 Å². The predicted octanol–water partition coefficient (Wildman–Crippen LogP) is 2.75. The van der Waals surface area contributed by atoms with Crippen molar-refractivity contribution in [2.45, 2.75) is 51.8 Å². The summed E-state index contributed by atoms with van der Waals surface area (Å²) < 4.78 is 5.93. The van der Waals surface area contributed by atoms with E-state index in [0.717, 1.165) is 38.3 Å². The molecule has 0 bridgehead atoms. The fourth-order valence-electron chi connectivity index (χ4n) is 3.27. The molecule has 1 heterocycles. The number of nitrogens with zero attached hydrogens (tertiary/aromatic N) is 2. The molecular formula is C19H32N2O2. The summed E-state index contributed by atoms with van der Waals surface area (Å²) >= 11 is 0. The molecule has 4 nitrogen and oxygen atoms in total. The van der Waals surface area contributed by atoms with Gasteiger partial charge in [-0.2, -0.15) is 0 Å². The molecule has 130 valence electrons. The first kappa shape index (κ1) is 18.2. The van der Waals surface area contributed by atoms with Crippen molar-refractivity contribution >= 4 is 0 Å². The molecule has 0 aromatic heterocycles. The number of para-hydroxylation sites is 1. The third-order valence-corrected chi connectivity index (χ3v) is 4.58. The van der Waals surface area contributed by atoms with E-state index in [4.69, 9.17) is 9.84 Å². The lowest BCUT2D eigenvalue weighted by Gasteiger charge is -2.37. The van der Waals surface area contributed by atoms with Crippen molar-refractivity contribution in [2.75, 3.05) is 33.3 Å². The average Bonchev–Trinajstić information content (AvgIpc) is 2.54. The number of hydrogen-bond donors (Lipinski definition) is 1. The van der Waals surface area contributed by atoms with Crippen molar-refractivity contribution in [3.05, 3.63) is 29.8 Å². The standard InChI is InChI=1S/C19H32N2O2/c1-16(2)23-19-8-5-4-7-17(19)15-21-12-9-18(10-13-21)20(3)11-6-14-22/h4-5,7-8,16,18,22H,6,9-15H2,1-3H3. The van der Waals surface area contributed by atoms with Gasteiger partial charge >= 0.3 is 0 Å². The van der Waals surface area contributed by atoms with E-state index in [0.29, 0.717) is 6.04 Å². The monoisotopic (exact) mass is 320 g/mol. The summed E-state index contributed by atoms with van der Waals surface area (Å²) in [6.45, 7) is 8.65. The quantitative estimate of drug-likeness (QED) is 0.799. The van der Waals surface area contributed by atoms with Crippen LogP contribution in [0.3, 0.4) is 0 Å². The van der Waals surface area contributed by atoms with Crippen molar-refractivity contribution in [1.82, 2.24) is 9.80 Å². The fraction of sp³-hybridized carbons (Fsp3) is 0.684. The maximum Gasteiger partial charge on any atom is 0.124 e. The third kappa shape index (κ3) is 5.79. The maximum absolute atomic E-state index is 8.96. The topological polar surface area (TPSA) is 35.9 Å². The number of hydrogen-bond acceptors (Lipinski definition) is 4. The van der Waals surface area contributed by atoms with E-state index < -0.39 is 0 Å². The van der Waals surface area contributed by atoms with Crippen LogP contribution in [-0.4, -0.2) is 60.3 Å². The minimum Gasteiger partial charge on any atom is -0.491 e. The normalized spacial score (nSPS) is 17.1. The Morgan fingerprint density at radius 2 is 1.96 bits per heavy atom. The van der Waals surface area contributed by atoms with E-state index in [1.807, 2.05) is 6.07 Å². The summed E-state index contributed by atoms with van der Waals surface area (Å²) in [6.07, 6.45) is 3.49. The van der Waals surface area contributed by atoms with Gasteiger partial charge in [-0.25, -0.2) is 0 Å². The van der Waals surface area contributed by atoms with Gasteiger partial charge in [-0.15, -0.1) is 0 Å². The molecule has 4 heteroatoms. The first-order chi connectivity index (χ1) is 11.1. The number of aliphatic hydroxyl groups excluding tert-OH is 1. The molecule has 23 heavy (non-hydrogen) atoms. The molecule has 0 spiro atoms. The molecule has 1 N–H and O–H groups in total. The summed E-state index contributed by atoms with van der Waals surface area (Å²) in [4.78, 5) is 4.93. The van der Waals surface area contributed by atoms with Crippen molar-refractivity contribution < 1.29 is 9.84 Å². The van der Waals surface area contributed by atoms with E-state index >= 15 is 0 Å². The zero-order chi connectivity index (χ0) is 16.7. The van der Waals surface area contributed by atoms with Crippen LogP contribution in [0, 0.1) is 0 Å². The van der Waals surface area contributed by atoms with E-state index in [9.17, 15) is 0 Å². The molecule has 0 radical (unpaired) electrons. The first-order valence-electron chi connectivity index (χ1n) is 8.88. The highest BCUT2D eigenvalue weighted by Crippen LogP contribution is 2.23. The second kappa shape index (κ2) is 9.26. The molecule has 2 rings (SSSR count). The molecule has 1 aliphatic heterocycles. The maximum atomic E-state index is 8.96. The Hall–Kier alpha value is -1.10. The Bertz CT molecular complexity index is 456. The Labute approximate surface area is 141 Å². The second-order valence-corrected chi connectivity index (χ2v) is 6.84. The van der Waals surface area contributed by atoms with Gasteiger partial charge < -0.3 is 14.7 Å². The number of ether oxygens (including phenoxy) is 1. The van der Waals surface area contributed by atoms with Crippen LogP contribution in [0.4, 0.5) is 0 Å². The highest BCUT2D eigenvalue weighted by atomic mass is 16.5. The van der Waals surface area contributed by atoms with Gasteiger partial charge in [-0.3, -0.25) is 4.90 Å². The number of rotatable bonds is 8. The highest BCUT2D eigenvalue weighted by molar-refractivity contribution is 5.33. The summed E-state index contributed by atoms with van der Waals surface area (Å²) in [5.74, 6) is 1.02. The minimum absolute atomic E-state index is 0.210. The molecular weight excluding hydrogens is 288 g/mol. The lowest BCUT2D eigenvalue weighted by Crippen LogP contribution is -2.43. The van der Waals surface area contributed by atoms with Gasteiger partial charge in [0.15, 0.2) is 0 Å². The van der Waals surface area contributed by atoms with Crippen LogP contribution in [0.25, 0.3) is 0 Å². The van der Waals surface area contributed by atoms with Crippen LogP contribution in [0.2, 0.25) is 0 Å². The number of benzene rings is 1. The molecule has 1 fully saturated rings. The zero-order valence-electron chi connectivity index (χ0n) is 14.9. The fourth-order valence-corrected chi connectivity index (χ4v) is 3.27. The minimum atomic E-state index is 0.210. The van der Waals surface area contributed by atoms with E-state index in [1.54, 1.807) is 0 Å². The SMILES string of the molecule is CC(C)Oc1ccccc1CN1CCC(N(C)CCCO)CC1. The van der Waals surface area contributed by atoms with Crippen molar-refractivity contribution in [1.29, 1.82) is 0 Å². The predicted molar refractivity (Wildman–Crippen MR) is 94.8 cm³/mol. The lowest BCUT2D eigenvalue weighted by molar-refractivity contribution is 0.116. The van der Waals surface area contributed by atoms with Crippen molar-refractivity contribution in [3.63, 3.8) is 0 Å². The van der Waals surface area contributed by atoms with Gasteiger partial charge in [0.25, 0.3) is 0 Å². The highest BCUT2D eigenvalue weighted by Gasteiger charge is 2.22. The molecule has 0 atom stereocenters. The lowest BCUT2D eigenvalue weighted by atomic mass is 10.0. The molecule has 1 saturated heterocycles. The van der Waals surface area contributed by atoms with Crippen LogP contribution in [0.5, 0.6) is 5.75 Å². The summed E-state index contributed by atoms with van der Waals surface area (Å²) in [5, 5.41) is 8.96. The Morgan fingerprint density at radius 3 is 2.61 bits per heavy atom. The first-order valence-corrected chi connectivity index (χ1v) is 8.88. The van der Waals surface area contributed by atoms with Gasteiger partial charge in [-0.1, -0.05) is 18.2 Å². The van der Waals surface area contributed by atoms with Gasteiger partial charge in [0.05, 0.1) is 6.10 Å². The Kier molecular flexibility index (Phi) is 7.34. The summed E-state index contributed by atoms with van der Waals surface area (Å²) in [5.41, 5.74) is 1.29. The summed E-state index contributed by atoms with van der Waals surface area (Å²) in [7, 11) is 2.18.